The average molecular weight is 344 g/mol. The van der Waals surface area contributed by atoms with Crippen LogP contribution in [0.25, 0.3) is 0 Å². The fourth-order valence-corrected chi connectivity index (χ4v) is 2.97. The second kappa shape index (κ2) is 5.25. The first-order valence-corrected chi connectivity index (χ1v) is 8.45. The highest BCUT2D eigenvalue weighted by Crippen LogP contribution is 2.25. The highest BCUT2D eigenvalue weighted by atomic mass is 32.2. The lowest BCUT2D eigenvalue weighted by molar-refractivity contribution is -0.111. The van der Waals surface area contributed by atoms with Gasteiger partial charge in [0.05, 0.1) is 0 Å². The number of allylic oxidation sites excluding steroid dienone is 10. The van der Waals surface area contributed by atoms with Crippen molar-refractivity contribution in [3.8, 4) is 0 Å². The SMILES string of the molecule is O=C1C=C/C(=C2/C=CC(=O)C(S(=O)(=O)O)=C2)C=C1S(=O)(=O)O. The van der Waals surface area contributed by atoms with Gasteiger partial charge in [-0.1, -0.05) is 12.2 Å². The van der Waals surface area contributed by atoms with Crippen LogP contribution in [0.1, 0.15) is 0 Å². The van der Waals surface area contributed by atoms with Crippen molar-refractivity contribution in [3.63, 3.8) is 0 Å². The third-order valence-electron chi connectivity index (χ3n) is 2.78. The minimum absolute atomic E-state index is 0.0668. The van der Waals surface area contributed by atoms with Gasteiger partial charge in [0.1, 0.15) is 9.81 Å². The minimum atomic E-state index is -4.75. The van der Waals surface area contributed by atoms with Crippen molar-refractivity contribution in [2.24, 2.45) is 0 Å². The van der Waals surface area contributed by atoms with Gasteiger partial charge in [-0.2, -0.15) is 16.8 Å². The number of hydrogen-bond acceptors (Lipinski definition) is 6. The summed E-state index contributed by atoms with van der Waals surface area (Å²) in [5.41, 5.74) is 0.134. The van der Waals surface area contributed by atoms with Gasteiger partial charge < -0.3 is 0 Å². The van der Waals surface area contributed by atoms with Crippen LogP contribution in [0.15, 0.2) is 57.4 Å². The Balaban J connectivity index is 2.66. The van der Waals surface area contributed by atoms with E-state index in [1.807, 2.05) is 0 Å². The molecule has 0 aliphatic heterocycles. The van der Waals surface area contributed by atoms with Gasteiger partial charge in [-0.25, -0.2) is 0 Å². The van der Waals surface area contributed by atoms with Crippen molar-refractivity contribution in [2.75, 3.05) is 0 Å². The second-order valence-corrected chi connectivity index (χ2v) is 7.05. The average Bonchev–Trinajstić information content (AvgIpc) is 2.37. The third-order valence-corrected chi connectivity index (χ3v) is 4.53. The van der Waals surface area contributed by atoms with Crippen LogP contribution in [0.3, 0.4) is 0 Å². The molecule has 22 heavy (non-hydrogen) atoms. The molecule has 2 aliphatic carbocycles. The summed E-state index contributed by atoms with van der Waals surface area (Å²) in [6, 6.07) is 0. The maximum absolute atomic E-state index is 11.4. The lowest BCUT2D eigenvalue weighted by Gasteiger charge is -2.12. The lowest BCUT2D eigenvalue weighted by atomic mass is 9.98. The quantitative estimate of drug-likeness (QED) is 0.672. The normalized spacial score (nSPS) is 22.6. The molecule has 0 spiro atoms. The first-order valence-electron chi connectivity index (χ1n) is 5.57. The molecule has 2 N–H and O–H groups in total. The van der Waals surface area contributed by atoms with Crippen LogP contribution in [-0.2, 0) is 29.8 Å². The van der Waals surface area contributed by atoms with E-state index in [0.29, 0.717) is 0 Å². The van der Waals surface area contributed by atoms with E-state index >= 15 is 0 Å². The molecule has 0 amide bonds. The summed E-state index contributed by atoms with van der Waals surface area (Å²) in [6.45, 7) is 0. The summed E-state index contributed by atoms with van der Waals surface area (Å²) in [5.74, 6) is -1.89. The van der Waals surface area contributed by atoms with Crippen molar-refractivity contribution >= 4 is 31.8 Å². The summed E-state index contributed by atoms with van der Waals surface area (Å²) in [5, 5.41) is 0. The van der Waals surface area contributed by atoms with Crippen LogP contribution >= 0.6 is 0 Å². The van der Waals surface area contributed by atoms with Gasteiger partial charge in [0.2, 0.25) is 0 Å². The van der Waals surface area contributed by atoms with E-state index in [1.165, 1.54) is 12.2 Å². The van der Waals surface area contributed by atoms with Gasteiger partial charge in [0, 0.05) is 0 Å². The van der Waals surface area contributed by atoms with Crippen molar-refractivity contribution in [2.45, 2.75) is 0 Å². The Morgan fingerprint density at radius 2 is 0.955 bits per heavy atom. The zero-order valence-electron chi connectivity index (χ0n) is 10.6. The van der Waals surface area contributed by atoms with Crippen molar-refractivity contribution < 1.29 is 35.5 Å². The van der Waals surface area contributed by atoms with Crippen molar-refractivity contribution in [3.05, 3.63) is 57.4 Å². The minimum Gasteiger partial charge on any atom is -0.288 e. The highest BCUT2D eigenvalue weighted by Gasteiger charge is 2.26. The van der Waals surface area contributed by atoms with Crippen LogP contribution in [0.5, 0.6) is 0 Å². The standard InChI is InChI=1S/C12H8O8S2/c13-9-3-1-7(5-11(9)21(15,16)17)8-2-4-10(14)12(6-8)22(18,19)20/h1-6H,(H,15,16,17)(H,18,19,20)/b8-7+. The molecule has 2 rings (SSSR count). The second-order valence-electron chi connectivity index (χ2n) is 4.27. The summed E-state index contributed by atoms with van der Waals surface area (Å²) in [7, 11) is -9.51. The lowest BCUT2D eigenvalue weighted by Crippen LogP contribution is -2.15. The highest BCUT2D eigenvalue weighted by molar-refractivity contribution is 7.91. The number of hydrogen-bond donors (Lipinski definition) is 2. The van der Waals surface area contributed by atoms with Crippen LogP contribution < -0.4 is 0 Å². The first kappa shape index (κ1) is 16.2. The van der Waals surface area contributed by atoms with E-state index in [2.05, 4.69) is 0 Å². The van der Waals surface area contributed by atoms with Gasteiger partial charge >= 0.3 is 0 Å². The number of rotatable bonds is 2. The molecule has 0 fully saturated rings. The molecule has 2 aliphatic rings. The van der Waals surface area contributed by atoms with Crippen molar-refractivity contribution in [1.82, 2.24) is 0 Å². The molecule has 0 saturated heterocycles. The molecule has 116 valence electrons. The summed E-state index contributed by atoms with van der Waals surface area (Å²) < 4.78 is 62.3. The summed E-state index contributed by atoms with van der Waals surface area (Å²) in [6.07, 6.45) is 5.79. The van der Waals surface area contributed by atoms with Gasteiger partial charge in [0.15, 0.2) is 11.6 Å². The van der Waals surface area contributed by atoms with E-state index in [0.717, 1.165) is 24.3 Å². The Labute approximate surface area is 125 Å². The number of carbonyl (C=O) groups excluding carboxylic acids is 2. The molecule has 8 nitrogen and oxygen atoms in total. The summed E-state index contributed by atoms with van der Waals surface area (Å²) >= 11 is 0. The van der Waals surface area contributed by atoms with Gasteiger partial charge in [-0.05, 0) is 35.5 Å². The summed E-state index contributed by atoms with van der Waals surface area (Å²) in [4.78, 5) is 21.0. The Kier molecular flexibility index (Phi) is 3.87. The third kappa shape index (κ3) is 3.20. The molecular formula is C12H8O8S2. The van der Waals surface area contributed by atoms with Crippen LogP contribution in [0.4, 0.5) is 0 Å². The zero-order chi connectivity index (χ0) is 16.7. The molecule has 0 aromatic carbocycles. The fraction of sp³-hybridized carbons (Fsp3) is 0. The predicted octanol–water partition coefficient (Wildman–Crippen LogP) is 0.104. The van der Waals surface area contributed by atoms with Crippen LogP contribution in [0, 0.1) is 0 Å². The van der Waals surface area contributed by atoms with Gasteiger partial charge in [-0.3, -0.25) is 18.7 Å². The molecule has 0 aromatic heterocycles. The molecule has 0 heterocycles. The Hall–Kier alpha value is -2.14. The van der Waals surface area contributed by atoms with E-state index in [4.69, 9.17) is 9.11 Å². The van der Waals surface area contributed by atoms with E-state index in [-0.39, 0.29) is 11.1 Å². The van der Waals surface area contributed by atoms with E-state index in [9.17, 15) is 26.4 Å². The van der Waals surface area contributed by atoms with Gasteiger partial charge in [-0.15, -0.1) is 0 Å². The number of ketones is 2. The Bertz CT molecular complexity index is 859. The first-order chi connectivity index (χ1) is 10.00. The molecular weight excluding hydrogens is 336 g/mol. The monoisotopic (exact) mass is 344 g/mol. The van der Waals surface area contributed by atoms with E-state index in [1.54, 1.807) is 0 Å². The predicted molar refractivity (Wildman–Crippen MR) is 74.6 cm³/mol. The fourth-order valence-electron chi connectivity index (χ4n) is 1.78. The Morgan fingerprint density at radius 1 is 0.636 bits per heavy atom. The van der Waals surface area contributed by atoms with Crippen LogP contribution in [-0.4, -0.2) is 37.5 Å². The van der Waals surface area contributed by atoms with E-state index < -0.39 is 41.6 Å². The van der Waals surface area contributed by atoms with Crippen LogP contribution in [0.2, 0.25) is 0 Å². The molecule has 0 saturated carbocycles. The maximum atomic E-state index is 11.4. The molecule has 0 unspecified atom stereocenters. The molecule has 0 aromatic rings. The van der Waals surface area contributed by atoms with Gasteiger partial charge in [0.25, 0.3) is 20.2 Å². The number of carbonyl (C=O) groups is 2. The topological polar surface area (TPSA) is 143 Å². The smallest absolute Gasteiger partial charge is 0.288 e. The molecule has 0 radical (unpaired) electrons. The molecule has 0 atom stereocenters. The zero-order valence-corrected chi connectivity index (χ0v) is 12.3. The largest absolute Gasteiger partial charge is 0.298 e. The van der Waals surface area contributed by atoms with Crippen molar-refractivity contribution in [1.29, 1.82) is 0 Å². The molecule has 10 heteroatoms. The Morgan fingerprint density at radius 3 is 1.23 bits per heavy atom. The molecule has 0 bridgehead atoms. The maximum Gasteiger partial charge on any atom is 0.298 e.